The fourth-order valence-corrected chi connectivity index (χ4v) is 11.5. The number of fused-ring (bicyclic) bond motifs is 29. The number of alkyl halides is 6. The molecule has 0 amide bonds. The van der Waals surface area contributed by atoms with Gasteiger partial charge in [0.15, 0.2) is 11.2 Å². The van der Waals surface area contributed by atoms with Crippen LogP contribution < -0.4 is 0 Å². The van der Waals surface area contributed by atoms with E-state index in [1.165, 1.54) is 0 Å². The van der Waals surface area contributed by atoms with Crippen LogP contribution in [0.1, 0.15) is 23.3 Å². The van der Waals surface area contributed by atoms with E-state index in [-0.39, 0.29) is 0 Å². The highest BCUT2D eigenvalue weighted by Crippen LogP contribution is 2.85. The lowest BCUT2D eigenvalue weighted by Crippen LogP contribution is -2.68. The summed E-state index contributed by atoms with van der Waals surface area (Å²) in [6, 6.07) is 7.26. The van der Waals surface area contributed by atoms with Crippen molar-refractivity contribution in [3.63, 3.8) is 0 Å². The predicted octanol–water partition coefficient (Wildman–Crippen LogP) is 2.57. The summed E-state index contributed by atoms with van der Waals surface area (Å²) >= 11 is 0. The van der Waals surface area contributed by atoms with Crippen LogP contribution in [0.4, 0.5) is 26.3 Å². The second-order valence-corrected chi connectivity index (χ2v) is 13.1. The third-order valence-corrected chi connectivity index (χ3v) is 12.3. The number of benzene rings is 1. The Morgan fingerprint density at radius 2 is 1.12 bits per heavy atom. The standard InChI is InChI=1S/C28H22F6O9/c1-37-21(35)23-11-12(16-8-6-4-3-5-7(8)15(11)39-16)24(42-23,22(36)38-2)14-13(23)17-9-10(18(14)40-17)20-26(28(32,33)34)25(43-26,19(9)41-20)27(29,30)31/h3-6,9-20H,1-2H3/t9-,10+,11+,12-,13-,14+,15-,16+,17-,18+,19+,20-,23-,24+,25+,26-. The summed E-state index contributed by atoms with van der Waals surface area (Å²) in [6.07, 6.45) is -18.7. The lowest BCUT2D eigenvalue weighted by atomic mass is 9.46. The van der Waals surface area contributed by atoms with Gasteiger partial charge in [-0.1, -0.05) is 24.3 Å². The molecule has 1 aromatic rings. The maximum atomic E-state index is 14.5. The Hall–Kier alpha value is -2.46. The van der Waals surface area contributed by atoms with E-state index < -0.39 is 119 Å². The number of esters is 2. The van der Waals surface area contributed by atoms with Crippen LogP contribution in [0.5, 0.6) is 0 Å². The molecule has 0 spiro atoms. The zero-order chi connectivity index (χ0) is 30.0. The summed E-state index contributed by atoms with van der Waals surface area (Å²) in [5.41, 5.74) is -9.44. The fraction of sp³-hybridized carbons (Fsp3) is 0.714. The molecule has 16 atom stereocenters. The van der Waals surface area contributed by atoms with Crippen LogP contribution in [0.15, 0.2) is 24.3 Å². The van der Waals surface area contributed by atoms with Crippen LogP contribution in [-0.4, -0.2) is 85.3 Å². The number of carbonyl (C=O) groups is 2. The third-order valence-electron chi connectivity index (χ3n) is 12.3. The van der Waals surface area contributed by atoms with Gasteiger partial charge in [0.25, 0.3) is 0 Å². The molecule has 0 saturated carbocycles. The molecular formula is C28H22F6O9. The largest absolute Gasteiger partial charge is 0.467 e. The molecule has 8 bridgehead atoms. The van der Waals surface area contributed by atoms with Crippen molar-refractivity contribution in [1.29, 1.82) is 0 Å². The minimum atomic E-state index is -5.40. The Bertz CT molecular complexity index is 1440. The van der Waals surface area contributed by atoms with E-state index in [4.69, 9.17) is 33.2 Å². The number of carbonyl (C=O) groups excluding carboxylic acids is 2. The number of hydrogen-bond donors (Lipinski definition) is 0. The van der Waals surface area contributed by atoms with Gasteiger partial charge < -0.3 is 33.2 Å². The van der Waals surface area contributed by atoms with Crippen molar-refractivity contribution >= 4 is 11.9 Å². The highest BCUT2D eigenvalue weighted by Gasteiger charge is 3.06. The fourth-order valence-electron chi connectivity index (χ4n) is 11.5. The average Bonchev–Trinajstić information content (AvgIpc) is 3.69. The first kappa shape index (κ1) is 25.8. The summed E-state index contributed by atoms with van der Waals surface area (Å²) in [5.74, 6) is -7.83. The van der Waals surface area contributed by atoms with Gasteiger partial charge in [-0.25, -0.2) is 9.59 Å². The average molecular weight is 616 g/mol. The minimum Gasteiger partial charge on any atom is -0.467 e. The van der Waals surface area contributed by atoms with Gasteiger partial charge in [0.1, 0.15) is 12.2 Å². The molecule has 8 fully saturated rings. The topological polar surface area (TPSA) is 102 Å². The molecule has 9 aliphatic rings. The van der Waals surface area contributed by atoms with Crippen molar-refractivity contribution in [1.82, 2.24) is 0 Å². The summed E-state index contributed by atoms with van der Waals surface area (Å²) in [4.78, 5) is 27.9. The molecule has 43 heavy (non-hydrogen) atoms. The van der Waals surface area contributed by atoms with E-state index >= 15 is 0 Å². The van der Waals surface area contributed by atoms with Gasteiger partial charge in [-0.15, -0.1) is 0 Å². The molecule has 15 heteroatoms. The Balaban J connectivity index is 1.18. The molecule has 9 nitrogen and oxygen atoms in total. The smallest absolute Gasteiger partial charge is 0.423 e. The zero-order valence-corrected chi connectivity index (χ0v) is 22.2. The van der Waals surface area contributed by atoms with Crippen molar-refractivity contribution in [3.8, 4) is 0 Å². The molecule has 230 valence electrons. The Morgan fingerprint density at radius 1 is 0.674 bits per heavy atom. The molecule has 0 N–H and O–H groups in total. The number of halogens is 6. The van der Waals surface area contributed by atoms with Crippen LogP contribution >= 0.6 is 0 Å². The Kier molecular flexibility index (Phi) is 4.12. The Labute approximate surface area is 238 Å². The monoisotopic (exact) mass is 616 g/mol. The normalized spacial score (nSPS) is 56.5. The van der Waals surface area contributed by atoms with E-state index in [0.29, 0.717) is 0 Å². The maximum absolute atomic E-state index is 14.5. The number of ether oxygens (including phenoxy) is 7. The van der Waals surface area contributed by atoms with Crippen LogP contribution in [0.3, 0.4) is 0 Å². The summed E-state index contributed by atoms with van der Waals surface area (Å²) in [5, 5.41) is 0. The van der Waals surface area contributed by atoms with Crippen LogP contribution in [-0.2, 0) is 42.7 Å². The van der Waals surface area contributed by atoms with Crippen LogP contribution in [0, 0.1) is 35.5 Å². The minimum absolute atomic E-state index is 0.713. The molecular weight excluding hydrogens is 594 g/mol. The second-order valence-electron chi connectivity index (χ2n) is 13.1. The Morgan fingerprint density at radius 3 is 1.51 bits per heavy atom. The van der Waals surface area contributed by atoms with Crippen molar-refractivity contribution in [2.75, 3.05) is 14.2 Å². The number of rotatable bonds is 2. The lowest BCUT2D eigenvalue weighted by Gasteiger charge is -2.49. The predicted molar refractivity (Wildman–Crippen MR) is 121 cm³/mol. The molecule has 0 aliphatic carbocycles. The summed E-state index contributed by atoms with van der Waals surface area (Å²) in [7, 11) is 2.27. The van der Waals surface area contributed by atoms with Crippen molar-refractivity contribution in [2.45, 2.75) is 71.4 Å². The van der Waals surface area contributed by atoms with E-state index in [1.54, 1.807) is 12.1 Å². The number of epoxide rings is 1. The maximum Gasteiger partial charge on any atom is 0.423 e. The highest BCUT2D eigenvalue weighted by molar-refractivity contribution is 5.90. The van der Waals surface area contributed by atoms with Crippen molar-refractivity contribution in [3.05, 3.63) is 35.4 Å². The summed E-state index contributed by atoms with van der Waals surface area (Å²) in [6.45, 7) is 0. The molecule has 9 heterocycles. The van der Waals surface area contributed by atoms with Gasteiger partial charge >= 0.3 is 24.3 Å². The quantitative estimate of drug-likeness (QED) is 0.282. The molecule has 0 radical (unpaired) electrons. The van der Waals surface area contributed by atoms with Crippen molar-refractivity contribution in [2.24, 2.45) is 35.5 Å². The first-order chi connectivity index (χ1) is 20.3. The number of methoxy groups -OCH3 is 2. The molecule has 10 rings (SSSR count). The van der Waals surface area contributed by atoms with E-state index in [0.717, 1.165) is 25.3 Å². The van der Waals surface area contributed by atoms with Crippen LogP contribution in [0.2, 0.25) is 0 Å². The molecule has 9 aliphatic heterocycles. The summed E-state index contributed by atoms with van der Waals surface area (Å²) < 4.78 is 127. The second kappa shape index (κ2) is 6.86. The zero-order valence-electron chi connectivity index (χ0n) is 22.2. The lowest BCUT2D eigenvalue weighted by molar-refractivity contribution is -0.220. The highest BCUT2D eigenvalue weighted by atomic mass is 19.4. The van der Waals surface area contributed by atoms with Gasteiger partial charge in [-0.2, -0.15) is 26.3 Å². The molecule has 0 aromatic heterocycles. The van der Waals surface area contributed by atoms with Gasteiger partial charge in [0.2, 0.25) is 11.2 Å². The third kappa shape index (κ3) is 2.14. The first-order valence-electron chi connectivity index (χ1n) is 14.1. The van der Waals surface area contributed by atoms with Crippen LogP contribution in [0.25, 0.3) is 0 Å². The molecule has 8 saturated heterocycles. The SMILES string of the molecule is COC(=O)[C@@]12O[C@@](C(=O)OC)([C@H]3[C@@H]4O[C@@H]([C@@H]5[C@H]4[C@@H]4O[C@H]5[C@@]5(C(F)(F)F)O[C@@]45C(F)(F)F)[C@H]31)[C@H]1[C@@H]2[C@H]2O[C@@H]1c1ccccc12. The van der Waals surface area contributed by atoms with Gasteiger partial charge in [0, 0.05) is 35.5 Å². The van der Waals surface area contributed by atoms with E-state index in [2.05, 4.69) is 0 Å². The van der Waals surface area contributed by atoms with Gasteiger partial charge in [-0.3, -0.25) is 0 Å². The van der Waals surface area contributed by atoms with E-state index in [1.807, 2.05) is 12.1 Å². The first-order valence-corrected chi connectivity index (χ1v) is 14.1. The molecule has 0 unspecified atom stereocenters. The molecule has 1 aromatic carbocycles. The van der Waals surface area contributed by atoms with Gasteiger partial charge in [0.05, 0.1) is 38.6 Å². The van der Waals surface area contributed by atoms with Gasteiger partial charge in [-0.05, 0) is 11.1 Å². The van der Waals surface area contributed by atoms with Crippen molar-refractivity contribution < 1.29 is 69.1 Å². The number of hydrogen-bond acceptors (Lipinski definition) is 9. The van der Waals surface area contributed by atoms with E-state index in [9.17, 15) is 35.9 Å².